The molecule has 0 spiro atoms. The van der Waals surface area contributed by atoms with Crippen molar-refractivity contribution in [1.82, 2.24) is 0 Å². The van der Waals surface area contributed by atoms with Crippen molar-refractivity contribution in [1.29, 1.82) is 0 Å². The van der Waals surface area contributed by atoms with Crippen molar-refractivity contribution < 1.29 is 45.5 Å². The second-order valence-electron chi connectivity index (χ2n) is 11.3. The number of ether oxygens (including phenoxy) is 1. The number of hydrogen-bond acceptors (Lipinski definition) is 3. The minimum absolute atomic E-state index is 0.0632. The average Bonchev–Trinajstić information content (AvgIpc) is 3.09. The number of hydrogen-bond donors (Lipinski definition) is 1. The number of nitrogens with zero attached hydrogens (tertiary/aromatic N) is 1. The Morgan fingerprint density at radius 2 is 1.39 bits per heavy atom. The van der Waals surface area contributed by atoms with Crippen LogP contribution in [0.5, 0.6) is 0 Å². The van der Waals surface area contributed by atoms with Gasteiger partial charge in [-0.2, -0.15) is 26.3 Å². The van der Waals surface area contributed by atoms with Crippen molar-refractivity contribution in [3.8, 4) is 0 Å². The molecule has 5 atom stereocenters. The molecule has 2 aliphatic carbocycles. The quantitative estimate of drug-likeness (QED) is 0.366. The highest BCUT2D eigenvalue weighted by Gasteiger charge is 2.71. The van der Waals surface area contributed by atoms with Crippen molar-refractivity contribution in [2.24, 2.45) is 23.2 Å². The Balaban J connectivity index is 2.13. The Labute approximate surface area is 179 Å². The molecule has 0 saturated heterocycles. The first-order valence-electron chi connectivity index (χ1n) is 10.4. The van der Waals surface area contributed by atoms with Crippen molar-refractivity contribution in [3.63, 3.8) is 0 Å². The van der Waals surface area contributed by atoms with E-state index in [2.05, 4.69) is 0 Å². The minimum Gasteiger partial charge on any atom is -0.457 e. The molecule has 4 nitrogen and oxygen atoms in total. The van der Waals surface area contributed by atoms with Gasteiger partial charge in [0.15, 0.2) is 5.54 Å². The minimum atomic E-state index is -5.81. The fraction of sp³-hybridized carbons (Fsp3) is 0.952. The predicted octanol–water partition coefficient (Wildman–Crippen LogP) is 4.70. The van der Waals surface area contributed by atoms with Crippen LogP contribution in [0.3, 0.4) is 0 Å². The van der Waals surface area contributed by atoms with Crippen LogP contribution in [0.1, 0.15) is 53.4 Å². The largest absolute Gasteiger partial charge is 0.457 e. The van der Waals surface area contributed by atoms with Gasteiger partial charge in [0.25, 0.3) is 5.60 Å². The zero-order chi connectivity index (χ0) is 24.4. The molecule has 2 bridgehead atoms. The molecule has 5 unspecified atom stereocenters. The lowest BCUT2D eigenvalue weighted by molar-refractivity contribution is -0.919. The highest BCUT2D eigenvalue weighted by Crippen LogP contribution is 2.56. The highest BCUT2D eigenvalue weighted by molar-refractivity contribution is 5.80. The van der Waals surface area contributed by atoms with E-state index in [4.69, 9.17) is 4.74 Å². The first kappa shape index (κ1) is 26.2. The molecule has 182 valence electrons. The van der Waals surface area contributed by atoms with Crippen molar-refractivity contribution in [2.45, 2.75) is 83.0 Å². The molecule has 0 radical (unpaired) electrons. The molecule has 2 fully saturated rings. The number of aliphatic hydroxyl groups is 1. The third-order valence-electron chi connectivity index (χ3n) is 7.89. The maximum atomic E-state index is 13.2. The Hall–Kier alpha value is -1.03. The Morgan fingerprint density at radius 3 is 1.71 bits per heavy atom. The summed E-state index contributed by atoms with van der Waals surface area (Å²) >= 11 is 0. The van der Waals surface area contributed by atoms with Gasteiger partial charge in [-0.25, -0.2) is 4.79 Å². The molecule has 1 N–H and O–H groups in total. The zero-order valence-electron chi connectivity index (χ0n) is 19.1. The number of halogens is 6. The smallest absolute Gasteiger partial charge is 0.426 e. The van der Waals surface area contributed by atoms with Crippen LogP contribution in [0.15, 0.2) is 0 Å². The summed E-state index contributed by atoms with van der Waals surface area (Å²) in [6, 6.07) is 0. The maximum absolute atomic E-state index is 13.2. The standard InChI is InChI=1S/C21H34F6NO3/c1-17(2,3)18(4,28(5,6)7)16(29)31-15-10-12-8-13(15)9-14(12)11-19(30,20(22,23)24)21(25,26)27/h12-15,30H,8-11H2,1-7H3/q+1. The first-order chi connectivity index (χ1) is 13.6. The average molecular weight is 462 g/mol. The number of quaternary nitrogens is 1. The van der Waals surface area contributed by atoms with E-state index in [1.165, 1.54) is 0 Å². The van der Waals surface area contributed by atoms with Crippen molar-refractivity contribution >= 4 is 5.97 Å². The number of carbonyl (C=O) groups excluding carboxylic acids is 1. The number of carbonyl (C=O) groups is 1. The summed E-state index contributed by atoms with van der Waals surface area (Å²) in [7, 11) is 5.62. The summed E-state index contributed by atoms with van der Waals surface area (Å²) in [5.74, 6) is -2.12. The Bertz CT molecular complexity index is 661. The first-order valence-corrected chi connectivity index (χ1v) is 10.4. The van der Waals surface area contributed by atoms with Crippen LogP contribution in [-0.2, 0) is 9.53 Å². The molecule has 0 amide bonds. The summed E-state index contributed by atoms with van der Waals surface area (Å²) in [5, 5.41) is 9.53. The number of rotatable bonds is 5. The van der Waals surface area contributed by atoms with Crippen LogP contribution in [-0.4, -0.2) is 66.3 Å². The van der Waals surface area contributed by atoms with E-state index in [1.807, 2.05) is 41.9 Å². The summed E-state index contributed by atoms with van der Waals surface area (Å²) in [4.78, 5) is 13.2. The summed E-state index contributed by atoms with van der Waals surface area (Å²) in [6.45, 7) is 7.56. The van der Waals surface area contributed by atoms with E-state index in [0.29, 0.717) is 10.9 Å². The van der Waals surface area contributed by atoms with Crippen molar-refractivity contribution in [2.75, 3.05) is 21.1 Å². The molecule has 2 aliphatic rings. The van der Waals surface area contributed by atoms with Crippen LogP contribution >= 0.6 is 0 Å². The van der Waals surface area contributed by atoms with Crippen LogP contribution in [0.25, 0.3) is 0 Å². The van der Waals surface area contributed by atoms with Gasteiger partial charge < -0.3 is 14.3 Å². The Kier molecular flexibility index (Phi) is 6.34. The molecular weight excluding hydrogens is 428 g/mol. The molecule has 31 heavy (non-hydrogen) atoms. The topological polar surface area (TPSA) is 46.5 Å². The lowest BCUT2D eigenvalue weighted by Crippen LogP contribution is -2.67. The van der Waals surface area contributed by atoms with Crippen LogP contribution in [0, 0.1) is 23.2 Å². The van der Waals surface area contributed by atoms with Gasteiger partial charge >= 0.3 is 18.3 Å². The lowest BCUT2D eigenvalue weighted by Gasteiger charge is -2.49. The highest BCUT2D eigenvalue weighted by atomic mass is 19.4. The lowest BCUT2D eigenvalue weighted by atomic mass is 9.72. The molecule has 0 heterocycles. The van der Waals surface area contributed by atoms with Gasteiger partial charge in [0.2, 0.25) is 0 Å². The number of likely N-dealkylation sites (N-methyl/N-ethyl adjacent to an activating group) is 1. The SMILES string of the molecule is CC(C)(C)C(C)(C(=O)OC1CC2CC1CC2CC(O)(C(F)(F)F)C(F)(F)F)[N+](C)(C)C. The van der Waals surface area contributed by atoms with Crippen LogP contribution in [0.4, 0.5) is 26.3 Å². The molecule has 2 rings (SSSR count). The maximum Gasteiger partial charge on any atom is 0.426 e. The zero-order valence-corrected chi connectivity index (χ0v) is 19.1. The van der Waals surface area contributed by atoms with E-state index in [0.717, 1.165) is 0 Å². The van der Waals surface area contributed by atoms with Crippen LogP contribution < -0.4 is 0 Å². The molecule has 2 saturated carbocycles. The Morgan fingerprint density at radius 1 is 0.903 bits per heavy atom. The van der Waals surface area contributed by atoms with Gasteiger partial charge in [0, 0.05) is 12.3 Å². The molecule has 10 heteroatoms. The fourth-order valence-electron chi connectivity index (χ4n) is 5.35. The van der Waals surface area contributed by atoms with E-state index in [-0.39, 0.29) is 18.8 Å². The van der Waals surface area contributed by atoms with Gasteiger partial charge in [0.1, 0.15) is 6.10 Å². The van der Waals surface area contributed by atoms with Gasteiger partial charge in [-0.1, -0.05) is 20.8 Å². The third-order valence-corrected chi connectivity index (χ3v) is 7.89. The second-order valence-corrected chi connectivity index (χ2v) is 11.3. The normalized spacial score (nSPS) is 29.7. The number of alkyl halides is 6. The van der Waals surface area contributed by atoms with E-state index >= 15 is 0 Å². The fourth-order valence-corrected chi connectivity index (χ4v) is 5.35. The summed E-state index contributed by atoms with van der Waals surface area (Å²) in [5.41, 5.74) is -6.10. The summed E-state index contributed by atoms with van der Waals surface area (Å²) < 4.78 is 84.5. The monoisotopic (exact) mass is 462 g/mol. The molecule has 0 aromatic carbocycles. The predicted molar refractivity (Wildman–Crippen MR) is 102 cm³/mol. The number of esters is 1. The second kappa shape index (κ2) is 7.50. The van der Waals surface area contributed by atoms with Crippen LogP contribution in [0.2, 0.25) is 0 Å². The molecular formula is C21H34F6NO3+. The molecule has 0 aromatic heterocycles. The van der Waals surface area contributed by atoms with Gasteiger partial charge in [0.05, 0.1) is 21.1 Å². The van der Waals surface area contributed by atoms with Gasteiger partial charge in [-0.15, -0.1) is 0 Å². The molecule has 0 aliphatic heterocycles. The van der Waals surface area contributed by atoms with Gasteiger partial charge in [-0.3, -0.25) is 0 Å². The van der Waals surface area contributed by atoms with E-state index in [1.54, 1.807) is 6.92 Å². The van der Waals surface area contributed by atoms with E-state index < -0.39 is 59.2 Å². The molecule has 0 aromatic rings. The third kappa shape index (κ3) is 4.30. The van der Waals surface area contributed by atoms with Gasteiger partial charge in [-0.05, 0) is 43.4 Å². The summed E-state index contributed by atoms with van der Waals surface area (Å²) in [6.07, 6.45) is -12.9. The number of fused-ring (bicyclic) bond motifs is 2. The van der Waals surface area contributed by atoms with Crippen molar-refractivity contribution in [3.05, 3.63) is 0 Å². The van der Waals surface area contributed by atoms with E-state index in [9.17, 15) is 36.2 Å².